The molecule has 0 radical (unpaired) electrons. The van der Waals surface area contributed by atoms with Crippen LogP contribution in [0.4, 0.5) is 9.59 Å². The monoisotopic (exact) mass is 328 g/mol. The average molecular weight is 328 g/mol. The molecule has 126 valence electrons. The summed E-state index contributed by atoms with van der Waals surface area (Å²) in [6, 6.07) is 18.9. The summed E-state index contributed by atoms with van der Waals surface area (Å²) in [6.07, 6.45) is -1.21. The lowest BCUT2D eigenvalue weighted by Crippen LogP contribution is -2.46. The van der Waals surface area contributed by atoms with Crippen molar-refractivity contribution < 1.29 is 19.1 Å². The molecule has 0 atom stereocenters. The number of amides is 2. The number of ether oxygens (including phenoxy) is 2. The molecule has 0 fully saturated rings. The fourth-order valence-electron chi connectivity index (χ4n) is 2.62. The predicted molar refractivity (Wildman–Crippen MR) is 89.2 cm³/mol. The molecule has 0 heterocycles. The first kappa shape index (κ1) is 17.3. The number of primary amides is 2. The molecule has 0 spiro atoms. The average Bonchev–Trinajstić information content (AvgIpc) is 2.54. The Hall–Kier alpha value is -3.02. The van der Waals surface area contributed by atoms with Gasteiger partial charge >= 0.3 is 12.2 Å². The van der Waals surface area contributed by atoms with Crippen LogP contribution in [0.2, 0.25) is 0 Å². The Bertz CT molecular complexity index is 632. The molecular weight excluding hydrogens is 308 g/mol. The molecule has 2 rings (SSSR count). The highest BCUT2D eigenvalue weighted by Gasteiger charge is 2.36. The van der Waals surface area contributed by atoms with E-state index in [2.05, 4.69) is 0 Å². The Kier molecular flexibility index (Phi) is 5.78. The predicted octanol–water partition coefficient (Wildman–Crippen LogP) is 2.40. The molecule has 2 aromatic carbocycles. The van der Waals surface area contributed by atoms with Gasteiger partial charge in [0.25, 0.3) is 0 Å². The van der Waals surface area contributed by atoms with Gasteiger partial charge in [-0.05, 0) is 11.1 Å². The molecule has 6 heteroatoms. The second-order valence-corrected chi connectivity index (χ2v) is 5.54. The minimum atomic E-state index is -1.14. The highest BCUT2D eigenvalue weighted by atomic mass is 16.6. The quantitative estimate of drug-likeness (QED) is 0.814. The Morgan fingerprint density at radius 2 is 1.25 bits per heavy atom. The molecule has 4 N–H and O–H groups in total. The van der Waals surface area contributed by atoms with Gasteiger partial charge in [0, 0.05) is 12.8 Å². The molecule has 0 unspecified atom stereocenters. The van der Waals surface area contributed by atoms with Crippen molar-refractivity contribution in [3.63, 3.8) is 0 Å². The van der Waals surface area contributed by atoms with Gasteiger partial charge in [-0.2, -0.15) is 0 Å². The van der Waals surface area contributed by atoms with E-state index in [1.807, 2.05) is 60.7 Å². The van der Waals surface area contributed by atoms with Crippen molar-refractivity contribution in [1.82, 2.24) is 0 Å². The SMILES string of the molecule is NC(=O)OCC(Cc1ccccc1)(Cc1ccccc1)OC(N)=O. The van der Waals surface area contributed by atoms with Gasteiger partial charge in [-0.25, -0.2) is 9.59 Å². The Morgan fingerprint density at radius 3 is 1.62 bits per heavy atom. The molecule has 0 aliphatic heterocycles. The molecule has 0 aliphatic rings. The molecule has 0 aromatic heterocycles. The van der Waals surface area contributed by atoms with Crippen molar-refractivity contribution in [3.8, 4) is 0 Å². The minimum absolute atomic E-state index is 0.185. The molecule has 0 saturated carbocycles. The standard InChI is InChI=1S/C18H20N2O4/c19-16(21)23-13-18(24-17(20)22,11-14-7-3-1-4-8-14)12-15-9-5-2-6-10-15/h1-10H,11-13H2,(H2,19,21)(H2,20,22). The third kappa shape index (κ3) is 5.31. The van der Waals surface area contributed by atoms with Crippen molar-refractivity contribution in [3.05, 3.63) is 71.8 Å². The maximum Gasteiger partial charge on any atom is 0.405 e. The van der Waals surface area contributed by atoms with Crippen molar-refractivity contribution in [2.75, 3.05) is 6.61 Å². The summed E-state index contributed by atoms with van der Waals surface area (Å²) >= 11 is 0. The molecule has 0 aliphatic carbocycles. The van der Waals surface area contributed by atoms with Gasteiger partial charge in [0.05, 0.1) is 0 Å². The van der Waals surface area contributed by atoms with E-state index >= 15 is 0 Å². The van der Waals surface area contributed by atoms with Crippen LogP contribution in [-0.4, -0.2) is 24.4 Å². The number of carbonyl (C=O) groups excluding carboxylic acids is 2. The van der Waals surface area contributed by atoms with Gasteiger partial charge in [-0.15, -0.1) is 0 Å². The lowest BCUT2D eigenvalue weighted by atomic mass is 9.88. The maximum atomic E-state index is 11.5. The Morgan fingerprint density at radius 1 is 0.792 bits per heavy atom. The van der Waals surface area contributed by atoms with Gasteiger partial charge in [0.1, 0.15) is 6.61 Å². The first-order valence-corrected chi connectivity index (χ1v) is 7.48. The van der Waals surface area contributed by atoms with Crippen molar-refractivity contribution >= 4 is 12.2 Å². The van der Waals surface area contributed by atoms with Gasteiger partial charge in [-0.3, -0.25) is 0 Å². The summed E-state index contributed by atoms with van der Waals surface area (Å²) in [5.74, 6) is 0. The van der Waals surface area contributed by atoms with Crippen LogP contribution < -0.4 is 11.5 Å². The fraction of sp³-hybridized carbons (Fsp3) is 0.222. The summed E-state index contributed by atoms with van der Waals surface area (Å²) in [4.78, 5) is 22.5. The number of hydrogen-bond donors (Lipinski definition) is 2. The highest BCUT2D eigenvalue weighted by Crippen LogP contribution is 2.24. The zero-order valence-corrected chi connectivity index (χ0v) is 13.2. The van der Waals surface area contributed by atoms with Gasteiger partial charge in [0.15, 0.2) is 5.60 Å². The summed E-state index contributed by atoms with van der Waals surface area (Å²) in [6.45, 7) is -0.185. The lowest BCUT2D eigenvalue weighted by molar-refractivity contribution is -0.0300. The fourth-order valence-corrected chi connectivity index (χ4v) is 2.62. The first-order valence-electron chi connectivity index (χ1n) is 7.48. The zero-order chi connectivity index (χ0) is 17.4. The van der Waals surface area contributed by atoms with Gasteiger partial charge in [-0.1, -0.05) is 60.7 Å². The number of carbonyl (C=O) groups is 2. The molecule has 24 heavy (non-hydrogen) atoms. The van der Waals surface area contributed by atoms with Crippen LogP contribution in [0, 0.1) is 0 Å². The topological polar surface area (TPSA) is 105 Å². The van der Waals surface area contributed by atoms with E-state index in [0.29, 0.717) is 12.8 Å². The summed E-state index contributed by atoms with van der Waals surface area (Å²) < 4.78 is 10.4. The lowest BCUT2D eigenvalue weighted by Gasteiger charge is -2.32. The third-order valence-corrected chi connectivity index (χ3v) is 3.53. The Labute approximate surface area is 140 Å². The van der Waals surface area contributed by atoms with E-state index in [0.717, 1.165) is 11.1 Å². The van der Waals surface area contributed by atoms with Crippen molar-refractivity contribution in [2.24, 2.45) is 11.5 Å². The van der Waals surface area contributed by atoms with Crippen LogP contribution in [0.5, 0.6) is 0 Å². The zero-order valence-electron chi connectivity index (χ0n) is 13.2. The van der Waals surface area contributed by atoms with E-state index < -0.39 is 17.8 Å². The maximum absolute atomic E-state index is 11.5. The summed E-state index contributed by atoms with van der Waals surface area (Å²) in [5, 5.41) is 0. The third-order valence-electron chi connectivity index (χ3n) is 3.53. The second-order valence-electron chi connectivity index (χ2n) is 5.54. The van der Waals surface area contributed by atoms with Crippen LogP contribution in [0.25, 0.3) is 0 Å². The number of benzene rings is 2. The number of rotatable bonds is 7. The van der Waals surface area contributed by atoms with Crippen LogP contribution in [-0.2, 0) is 22.3 Å². The molecule has 2 amide bonds. The van der Waals surface area contributed by atoms with E-state index in [9.17, 15) is 9.59 Å². The minimum Gasteiger partial charge on any atom is -0.445 e. The van der Waals surface area contributed by atoms with Crippen LogP contribution in [0.1, 0.15) is 11.1 Å². The van der Waals surface area contributed by atoms with Gasteiger partial charge < -0.3 is 20.9 Å². The highest BCUT2D eigenvalue weighted by molar-refractivity contribution is 5.66. The summed E-state index contributed by atoms with van der Waals surface area (Å²) in [7, 11) is 0. The molecule has 2 aromatic rings. The first-order chi connectivity index (χ1) is 11.5. The second kappa shape index (κ2) is 8.01. The Balaban J connectivity index is 2.33. The molecular formula is C18H20N2O4. The number of nitrogens with two attached hydrogens (primary N) is 2. The van der Waals surface area contributed by atoms with E-state index in [1.165, 1.54) is 0 Å². The molecule has 0 saturated heterocycles. The van der Waals surface area contributed by atoms with E-state index in [1.54, 1.807) is 0 Å². The van der Waals surface area contributed by atoms with Crippen molar-refractivity contribution in [1.29, 1.82) is 0 Å². The summed E-state index contributed by atoms with van der Waals surface area (Å²) in [5.41, 5.74) is 11.0. The molecule has 0 bridgehead atoms. The normalized spacial score (nSPS) is 10.8. The largest absolute Gasteiger partial charge is 0.445 e. The number of hydrogen-bond acceptors (Lipinski definition) is 4. The van der Waals surface area contributed by atoms with Crippen molar-refractivity contribution in [2.45, 2.75) is 18.4 Å². The van der Waals surface area contributed by atoms with Crippen LogP contribution >= 0.6 is 0 Å². The van der Waals surface area contributed by atoms with Gasteiger partial charge in [0.2, 0.25) is 0 Å². The van der Waals surface area contributed by atoms with Crippen LogP contribution in [0.15, 0.2) is 60.7 Å². The smallest absolute Gasteiger partial charge is 0.405 e. The van der Waals surface area contributed by atoms with E-state index in [-0.39, 0.29) is 6.61 Å². The molecule has 6 nitrogen and oxygen atoms in total. The van der Waals surface area contributed by atoms with E-state index in [4.69, 9.17) is 20.9 Å². The van der Waals surface area contributed by atoms with Crippen LogP contribution in [0.3, 0.4) is 0 Å².